The first-order chi connectivity index (χ1) is 14.1. The molecule has 0 saturated heterocycles. The molecule has 2 aromatic rings. The molecule has 30 heavy (non-hydrogen) atoms. The minimum absolute atomic E-state index is 0.00921. The van der Waals surface area contributed by atoms with Gasteiger partial charge >= 0.3 is 10.2 Å². The Morgan fingerprint density at radius 3 is 2.67 bits per heavy atom. The summed E-state index contributed by atoms with van der Waals surface area (Å²) in [6, 6.07) is 7.48. The average Bonchev–Trinajstić information content (AvgIpc) is 3.23. The number of aliphatic imine (C=N–C) groups is 1. The second-order valence-electron chi connectivity index (χ2n) is 6.87. The number of furan rings is 1. The summed E-state index contributed by atoms with van der Waals surface area (Å²) in [5.74, 6) is 0.0760. The van der Waals surface area contributed by atoms with Gasteiger partial charge in [0.25, 0.3) is 5.91 Å². The van der Waals surface area contributed by atoms with Crippen LogP contribution in [0, 0.1) is 6.92 Å². The smallest absolute Gasteiger partial charge is 0.345 e. The number of rotatable bonds is 5. The molecule has 0 bridgehead atoms. The van der Waals surface area contributed by atoms with Gasteiger partial charge < -0.3 is 19.7 Å². The number of anilines is 1. The average molecular weight is 432 g/mol. The van der Waals surface area contributed by atoms with Crippen molar-refractivity contribution in [1.82, 2.24) is 9.62 Å². The number of hydrogen-bond donors (Lipinski definition) is 2. The van der Waals surface area contributed by atoms with Crippen LogP contribution in [0.3, 0.4) is 0 Å². The quantitative estimate of drug-likeness (QED) is 0.735. The number of amidine groups is 2. The molecule has 160 valence electrons. The van der Waals surface area contributed by atoms with Gasteiger partial charge in [0.15, 0.2) is 11.7 Å². The van der Waals surface area contributed by atoms with Crippen LogP contribution in [0.2, 0.25) is 0 Å². The molecule has 11 heteroatoms. The van der Waals surface area contributed by atoms with E-state index in [1.807, 2.05) is 6.92 Å². The predicted octanol–water partition coefficient (Wildman–Crippen LogP) is 1.57. The summed E-state index contributed by atoms with van der Waals surface area (Å²) in [5, 5.41) is 15.4. The number of benzene rings is 1. The number of hydrogen-bond acceptors (Lipinski definition) is 7. The van der Waals surface area contributed by atoms with Gasteiger partial charge in [-0.2, -0.15) is 8.42 Å². The van der Waals surface area contributed by atoms with Crippen molar-refractivity contribution in [3.05, 3.63) is 47.4 Å². The first kappa shape index (κ1) is 21.4. The molecule has 1 aromatic carbocycles. The van der Waals surface area contributed by atoms with Crippen molar-refractivity contribution in [3.63, 3.8) is 0 Å². The molecule has 0 aliphatic carbocycles. The Labute approximate surface area is 174 Å². The van der Waals surface area contributed by atoms with Crippen molar-refractivity contribution < 1.29 is 22.7 Å². The summed E-state index contributed by atoms with van der Waals surface area (Å²) >= 11 is 0. The third-order valence-corrected chi connectivity index (χ3v) is 5.20. The van der Waals surface area contributed by atoms with Gasteiger partial charge in [-0.3, -0.25) is 9.79 Å². The predicted molar refractivity (Wildman–Crippen MR) is 111 cm³/mol. The van der Waals surface area contributed by atoms with E-state index < -0.39 is 27.9 Å². The fraction of sp³-hybridized carbons (Fsp3) is 0.316. The number of carbonyl (C=O) groups is 1. The second-order valence-corrected chi connectivity index (χ2v) is 8.21. The zero-order valence-electron chi connectivity index (χ0n) is 17.0. The van der Waals surface area contributed by atoms with Crippen LogP contribution in [-0.4, -0.2) is 45.0 Å². The molecule has 0 unspecified atom stereocenters. The van der Waals surface area contributed by atoms with Gasteiger partial charge in [-0.05, 0) is 37.6 Å². The molecule has 0 fully saturated rings. The van der Waals surface area contributed by atoms with E-state index in [9.17, 15) is 18.3 Å². The van der Waals surface area contributed by atoms with Gasteiger partial charge in [0.1, 0.15) is 17.6 Å². The monoisotopic (exact) mass is 432 g/mol. The van der Waals surface area contributed by atoms with E-state index in [0.717, 1.165) is 0 Å². The van der Waals surface area contributed by atoms with Gasteiger partial charge in [0.2, 0.25) is 0 Å². The van der Waals surface area contributed by atoms with E-state index in [1.54, 1.807) is 19.1 Å². The van der Waals surface area contributed by atoms with Crippen LogP contribution in [0.4, 0.5) is 5.69 Å². The van der Waals surface area contributed by atoms with Crippen molar-refractivity contribution in [2.45, 2.75) is 26.3 Å². The van der Waals surface area contributed by atoms with Gasteiger partial charge in [-0.15, -0.1) is 4.40 Å². The van der Waals surface area contributed by atoms with E-state index in [4.69, 9.17) is 4.42 Å². The van der Waals surface area contributed by atoms with Crippen LogP contribution >= 0.6 is 0 Å². The molecule has 0 saturated carbocycles. The topological polar surface area (TPSA) is 139 Å². The Balaban J connectivity index is 1.96. The number of para-hydroxylation sites is 1. The van der Waals surface area contributed by atoms with Crippen LogP contribution in [0.25, 0.3) is 0 Å². The molecule has 0 radical (unpaired) electrons. The Bertz CT molecular complexity index is 1130. The third-order valence-electron chi connectivity index (χ3n) is 4.33. The van der Waals surface area contributed by atoms with E-state index in [1.165, 1.54) is 37.2 Å². The molecule has 2 heterocycles. The van der Waals surface area contributed by atoms with E-state index in [-0.39, 0.29) is 22.9 Å². The van der Waals surface area contributed by atoms with E-state index in [2.05, 4.69) is 19.4 Å². The SMILES string of the molecule is CC[C@@H](N=C1NS(=O)(=O)N=C1Nc1cccc(C(=O)N(C)C)c1[O-])c1ccc(C)o1. The fourth-order valence-corrected chi connectivity index (χ4v) is 3.65. The maximum atomic E-state index is 12.7. The van der Waals surface area contributed by atoms with Crippen LogP contribution in [0.5, 0.6) is 5.75 Å². The highest BCUT2D eigenvalue weighted by molar-refractivity contribution is 7.89. The lowest BCUT2D eigenvalue weighted by molar-refractivity contribution is -0.267. The van der Waals surface area contributed by atoms with E-state index in [0.29, 0.717) is 17.9 Å². The minimum Gasteiger partial charge on any atom is -0.871 e. The molecular weight excluding hydrogens is 410 g/mol. The molecule has 10 nitrogen and oxygen atoms in total. The standard InChI is InChI=1S/C19H23N5O5S/c1-5-13(15-10-9-11(2)29-15)20-17-18(23-30(27,28)22-17)21-14-8-6-7-12(16(14)25)19(26)24(3)4/h6-10,13,25H,5H2,1-4H3,(H,20,22)(H,21,23)/p-1/t13-/m1/s1. The molecular formula is C19H22N5O5S-. The summed E-state index contributed by atoms with van der Waals surface area (Å²) in [7, 11) is -0.945. The molecule has 1 aliphatic heterocycles. The largest absolute Gasteiger partial charge is 0.871 e. The number of carbonyl (C=O) groups excluding carboxylic acids is 1. The Morgan fingerprint density at radius 1 is 1.33 bits per heavy atom. The van der Waals surface area contributed by atoms with Gasteiger partial charge in [-0.1, -0.05) is 18.7 Å². The first-order valence-corrected chi connectivity index (χ1v) is 10.6. The van der Waals surface area contributed by atoms with Crippen LogP contribution in [0.1, 0.15) is 41.3 Å². The van der Waals surface area contributed by atoms with E-state index >= 15 is 0 Å². The maximum absolute atomic E-state index is 12.7. The highest BCUT2D eigenvalue weighted by Crippen LogP contribution is 2.27. The highest BCUT2D eigenvalue weighted by atomic mass is 32.2. The normalized spacial score (nSPS) is 17.3. The Hall–Kier alpha value is -3.34. The highest BCUT2D eigenvalue weighted by Gasteiger charge is 2.28. The summed E-state index contributed by atoms with van der Waals surface area (Å²) in [6.45, 7) is 3.68. The fourth-order valence-electron chi connectivity index (χ4n) is 2.84. The number of aryl methyl sites for hydroxylation is 1. The lowest BCUT2D eigenvalue weighted by Crippen LogP contribution is -2.31. The second kappa shape index (κ2) is 8.19. The lowest BCUT2D eigenvalue weighted by atomic mass is 10.1. The minimum atomic E-state index is -4.01. The molecule has 1 atom stereocenters. The van der Waals surface area contributed by atoms with Gasteiger partial charge in [0, 0.05) is 25.3 Å². The van der Waals surface area contributed by atoms with Crippen LogP contribution < -0.4 is 15.1 Å². The Kier molecular flexibility index (Phi) is 5.83. The maximum Gasteiger partial charge on any atom is 0.345 e. The molecule has 1 aromatic heterocycles. The van der Waals surface area contributed by atoms with Gasteiger partial charge in [0.05, 0.1) is 0 Å². The molecule has 1 aliphatic rings. The van der Waals surface area contributed by atoms with Crippen LogP contribution in [0.15, 0.2) is 44.1 Å². The number of nitrogens with zero attached hydrogens (tertiary/aromatic N) is 3. The zero-order valence-corrected chi connectivity index (χ0v) is 17.8. The summed E-state index contributed by atoms with van der Waals surface area (Å²) in [6.07, 6.45) is 0.547. The summed E-state index contributed by atoms with van der Waals surface area (Å²) in [5.41, 5.74) is -0.0367. The van der Waals surface area contributed by atoms with Crippen molar-refractivity contribution in [2.24, 2.45) is 9.39 Å². The van der Waals surface area contributed by atoms with Crippen molar-refractivity contribution in [2.75, 3.05) is 19.4 Å². The van der Waals surface area contributed by atoms with Crippen molar-refractivity contribution >= 4 is 33.5 Å². The Morgan fingerprint density at radius 2 is 2.07 bits per heavy atom. The summed E-state index contributed by atoms with van der Waals surface area (Å²) < 4.78 is 35.5. The van der Waals surface area contributed by atoms with Crippen LogP contribution in [-0.2, 0) is 10.2 Å². The zero-order chi connectivity index (χ0) is 22.1. The molecule has 1 amide bonds. The number of amides is 1. The van der Waals surface area contributed by atoms with Gasteiger partial charge in [-0.25, -0.2) is 4.72 Å². The molecule has 3 rings (SSSR count). The molecule has 2 N–H and O–H groups in total. The third kappa shape index (κ3) is 4.46. The van der Waals surface area contributed by atoms with Crippen molar-refractivity contribution in [1.29, 1.82) is 0 Å². The van der Waals surface area contributed by atoms with Crippen molar-refractivity contribution in [3.8, 4) is 5.75 Å². The number of nitrogens with one attached hydrogen (secondary N) is 2. The first-order valence-electron chi connectivity index (χ1n) is 9.17. The summed E-state index contributed by atoms with van der Waals surface area (Å²) in [4.78, 5) is 17.9. The molecule has 0 spiro atoms. The lowest BCUT2D eigenvalue weighted by Gasteiger charge is -2.21.